The van der Waals surface area contributed by atoms with Gasteiger partial charge in [0.1, 0.15) is 5.70 Å². The van der Waals surface area contributed by atoms with E-state index >= 15 is 0 Å². The van der Waals surface area contributed by atoms with Crippen LogP contribution < -0.4 is 5.32 Å². The highest BCUT2D eigenvalue weighted by atomic mass is 16.5. The molecule has 1 N–H and O–H groups in total. The molecule has 3 amide bonds. The molecule has 0 atom stereocenters. The first-order chi connectivity index (χ1) is 13.0. The van der Waals surface area contributed by atoms with Crippen molar-refractivity contribution in [1.29, 1.82) is 0 Å². The number of benzene rings is 2. The molecule has 0 spiro atoms. The molecule has 0 unspecified atom stereocenters. The number of fused-ring (bicyclic) bond motifs is 1. The van der Waals surface area contributed by atoms with Gasteiger partial charge in [-0.05, 0) is 23.8 Å². The predicted octanol–water partition coefficient (Wildman–Crippen LogP) is 1.96. The van der Waals surface area contributed by atoms with Crippen LogP contribution in [0.5, 0.6) is 0 Å². The van der Waals surface area contributed by atoms with Gasteiger partial charge in [-0.3, -0.25) is 14.4 Å². The third-order valence-electron chi connectivity index (χ3n) is 3.84. The van der Waals surface area contributed by atoms with E-state index in [9.17, 15) is 19.2 Å². The van der Waals surface area contributed by atoms with Crippen LogP contribution in [0.25, 0.3) is 6.08 Å². The van der Waals surface area contributed by atoms with Crippen LogP contribution in [0.4, 0.5) is 0 Å². The lowest BCUT2D eigenvalue weighted by molar-refractivity contribution is -0.142. The van der Waals surface area contributed by atoms with Crippen LogP contribution in [0.1, 0.15) is 33.2 Å². The zero-order chi connectivity index (χ0) is 19.4. The second-order valence-electron chi connectivity index (χ2n) is 5.79. The number of imide groups is 1. The Hall–Kier alpha value is -3.74. The molecule has 0 saturated heterocycles. The number of hydrogen-bond acceptors (Lipinski definition) is 5. The lowest BCUT2D eigenvalue weighted by Crippen LogP contribution is -2.35. The van der Waals surface area contributed by atoms with E-state index in [-0.39, 0.29) is 16.8 Å². The van der Waals surface area contributed by atoms with Crippen LogP contribution >= 0.6 is 0 Å². The van der Waals surface area contributed by atoms with E-state index in [1.807, 2.05) is 6.07 Å². The molecule has 0 radical (unpaired) electrons. The van der Waals surface area contributed by atoms with Crippen molar-refractivity contribution in [2.24, 2.45) is 0 Å². The second-order valence-corrected chi connectivity index (χ2v) is 5.79. The maximum absolute atomic E-state index is 12.4. The number of nitrogens with one attached hydrogen (secondary N) is 1. The third-order valence-corrected chi connectivity index (χ3v) is 3.84. The summed E-state index contributed by atoms with van der Waals surface area (Å²) in [7, 11) is 0. The Balaban J connectivity index is 1.73. The molecule has 7 nitrogen and oxygen atoms in total. The summed E-state index contributed by atoms with van der Waals surface area (Å²) in [5, 5.41) is 2.40. The fourth-order valence-corrected chi connectivity index (χ4v) is 2.61. The number of hydrogen-bond donors (Lipinski definition) is 1. The highest BCUT2D eigenvalue weighted by Gasteiger charge is 2.36. The molecule has 0 aromatic heterocycles. The first-order valence-corrected chi connectivity index (χ1v) is 8.14. The molecule has 27 heavy (non-hydrogen) atoms. The Morgan fingerprint density at radius 1 is 0.963 bits per heavy atom. The van der Waals surface area contributed by atoms with Gasteiger partial charge in [-0.15, -0.1) is 0 Å². The van der Waals surface area contributed by atoms with Crippen molar-refractivity contribution in [3.8, 4) is 0 Å². The maximum atomic E-state index is 12.4. The second kappa shape index (κ2) is 7.65. The van der Waals surface area contributed by atoms with Crippen LogP contribution in [0.15, 0.2) is 60.3 Å². The number of amides is 3. The lowest BCUT2D eigenvalue weighted by atomic mass is 10.1. The van der Waals surface area contributed by atoms with Crippen molar-refractivity contribution in [2.75, 3.05) is 6.73 Å². The van der Waals surface area contributed by atoms with Crippen molar-refractivity contribution in [2.45, 2.75) is 6.92 Å². The molecule has 3 rings (SSSR count). The molecular weight excluding hydrogens is 348 g/mol. The van der Waals surface area contributed by atoms with Gasteiger partial charge in [0, 0.05) is 6.92 Å². The molecule has 1 aliphatic rings. The standard InChI is InChI=1S/C20H16N2O5/c1-13(23)21-17(11-14-7-3-2-4-8-14)20(26)27-12-22-18(24)15-9-5-6-10-16(15)19(22)25/h2-11H,12H2,1H3,(H,21,23)/b17-11-. The fraction of sp³-hybridized carbons (Fsp3) is 0.100. The highest BCUT2D eigenvalue weighted by Crippen LogP contribution is 2.22. The molecule has 0 bridgehead atoms. The van der Waals surface area contributed by atoms with Crippen molar-refractivity contribution in [3.05, 3.63) is 77.0 Å². The minimum Gasteiger partial charge on any atom is -0.439 e. The molecule has 1 heterocycles. The Bertz CT molecular complexity index is 915. The fourth-order valence-electron chi connectivity index (χ4n) is 2.61. The molecule has 0 aliphatic carbocycles. The summed E-state index contributed by atoms with van der Waals surface area (Å²) in [6.07, 6.45) is 1.45. The molecule has 7 heteroatoms. The van der Waals surface area contributed by atoms with Gasteiger partial charge in [0.05, 0.1) is 11.1 Å². The summed E-state index contributed by atoms with van der Waals surface area (Å²) in [6.45, 7) is 0.715. The first kappa shape index (κ1) is 18.1. The van der Waals surface area contributed by atoms with Crippen LogP contribution in [-0.2, 0) is 14.3 Å². The van der Waals surface area contributed by atoms with Gasteiger partial charge in [-0.25, -0.2) is 9.69 Å². The van der Waals surface area contributed by atoms with Gasteiger partial charge in [0.2, 0.25) is 5.91 Å². The predicted molar refractivity (Wildman–Crippen MR) is 96.1 cm³/mol. The first-order valence-electron chi connectivity index (χ1n) is 8.14. The Kier molecular flexibility index (Phi) is 5.12. The summed E-state index contributed by atoms with van der Waals surface area (Å²) < 4.78 is 5.10. The van der Waals surface area contributed by atoms with Gasteiger partial charge in [0.25, 0.3) is 11.8 Å². The van der Waals surface area contributed by atoms with Crippen LogP contribution in [0.3, 0.4) is 0 Å². The number of esters is 1. The maximum Gasteiger partial charge on any atom is 0.356 e. The number of carbonyl (C=O) groups is 4. The van der Waals surface area contributed by atoms with E-state index in [4.69, 9.17) is 4.74 Å². The average Bonchev–Trinajstić information content (AvgIpc) is 2.90. The number of ether oxygens (including phenoxy) is 1. The Morgan fingerprint density at radius 3 is 2.07 bits per heavy atom. The summed E-state index contributed by atoms with van der Waals surface area (Å²) in [5.41, 5.74) is 1.12. The third kappa shape index (κ3) is 3.92. The van der Waals surface area contributed by atoms with Crippen molar-refractivity contribution in [1.82, 2.24) is 10.2 Å². The van der Waals surface area contributed by atoms with E-state index < -0.39 is 30.4 Å². The van der Waals surface area contributed by atoms with Gasteiger partial charge < -0.3 is 10.1 Å². The van der Waals surface area contributed by atoms with Gasteiger partial charge in [-0.1, -0.05) is 42.5 Å². The van der Waals surface area contributed by atoms with Crippen molar-refractivity contribution in [3.63, 3.8) is 0 Å². The molecule has 136 valence electrons. The molecule has 0 saturated carbocycles. The summed E-state index contributed by atoms with van der Waals surface area (Å²) in [6, 6.07) is 15.2. The summed E-state index contributed by atoms with van der Waals surface area (Å²) in [5.74, 6) is -2.37. The molecule has 2 aromatic rings. The zero-order valence-corrected chi connectivity index (χ0v) is 14.5. The Labute approximate surface area is 155 Å². The van der Waals surface area contributed by atoms with Crippen LogP contribution in [0, 0.1) is 0 Å². The normalized spacial score (nSPS) is 13.4. The summed E-state index contributed by atoms with van der Waals surface area (Å²) in [4.78, 5) is 49.2. The van der Waals surface area contributed by atoms with E-state index in [0.717, 1.165) is 4.90 Å². The largest absolute Gasteiger partial charge is 0.439 e. The molecular formula is C20H16N2O5. The van der Waals surface area contributed by atoms with E-state index in [1.54, 1.807) is 36.4 Å². The minimum absolute atomic E-state index is 0.0923. The van der Waals surface area contributed by atoms with Gasteiger partial charge in [0.15, 0.2) is 6.73 Å². The molecule has 2 aromatic carbocycles. The Morgan fingerprint density at radius 2 is 1.52 bits per heavy atom. The van der Waals surface area contributed by atoms with Crippen LogP contribution in [0.2, 0.25) is 0 Å². The van der Waals surface area contributed by atoms with E-state index in [2.05, 4.69) is 5.32 Å². The number of carbonyl (C=O) groups excluding carboxylic acids is 4. The monoisotopic (exact) mass is 364 g/mol. The quantitative estimate of drug-likeness (QED) is 0.497. The molecule has 0 fully saturated rings. The van der Waals surface area contributed by atoms with Gasteiger partial charge in [-0.2, -0.15) is 0 Å². The topological polar surface area (TPSA) is 92.8 Å². The van der Waals surface area contributed by atoms with E-state index in [1.165, 1.54) is 25.1 Å². The molecule has 1 aliphatic heterocycles. The highest BCUT2D eigenvalue weighted by molar-refractivity contribution is 6.21. The SMILES string of the molecule is CC(=O)N/C(=C\c1ccccc1)C(=O)OCN1C(=O)c2ccccc2C1=O. The smallest absolute Gasteiger partial charge is 0.356 e. The van der Waals surface area contributed by atoms with Crippen LogP contribution in [-0.4, -0.2) is 35.3 Å². The van der Waals surface area contributed by atoms with Crippen molar-refractivity contribution < 1.29 is 23.9 Å². The van der Waals surface area contributed by atoms with E-state index in [0.29, 0.717) is 5.56 Å². The van der Waals surface area contributed by atoms with Crippen molar-refractivity contribution >= 4 is 29.8 Å². The minimum atomic E-state index is -0.856. The average molecular weight is 364 g/mol. The number of nitrogens with zero attached hydrogens (tertiary/aromatic N) is 1. The van der Waals surface area contributed by atoms with Gasteiger partial charge >= 0.3 is 5.97 Å². The number of rotatable bonds is 5. The zero-order valence-electron chi connectivity index (χ0n) is 14.5. The lowest BCUT2D eigenvalue weighted by Gasteiger charge is -2.15. The summed E-state index contributed by atoms with van der Waals surface area (Å²) >= 11 is 0.